The number of anilines is 1. The molecule has 1 heterocycles. The molecule has 18 heavy (non-hydrogen) atoms. The first-order valence-electron chi connectivity index (χ1n) is 6.02. The molecule has 2 aromatic rings. The minimum absolute atomic E-state index is 0.428. The lowest BCUT2D eigenvalue weighted by atomic mass is 9.94. The molecule has 4 heteroatoms. The van der Waals surface area contributed by atoms with Crippen LogP contribution in [0.15, 0.2) is 34.1 Å². The van der Waals surface area contributed by atoms with Crippen LogP contribution < -0.4 is 5.32 Å². The molecule has 0 amide bonds. The number of nitrogens with one attached hydrogen (secondary N) is 1. The molecule has 3 rings (SSSR count). The summed E-state index contributed by atoms with van der Waals surface area (Å²) in [5.41, 5.74) is 2.58. The Kier molecular flexibility index (Phi) is 3.64. The molecule has 0 spiro atoms. The maximum absolute atomic E-state index is 5.97. The van der Waals surface area contributed by atoms with Crippen molar-refractivity contribution < 1.29 is 0 Å². The number of hydrogen-bond donors (Lipinski definition) is 1. The van der Waals surface area contributed by atoms with Crippen LogP contribution in [0.2, 0.25) is 5.02 Å². The van der Waals surface area contributed by atoms with Gasteiger partial charge in [-0.25, -0.2) is 0 Å². The highest BCUT2D eigenvalue weighted by atomic mass is 79.9. The summed E-state index contributed by atoms with van der Waals surface area (Å²) in [5, 5.41) is 6.57. The highest BCUT2D eigenvalue weighted by molar-refractivity contribution is 9.10. The molecule has 1 N–H and O–H groups in total. The van der Waals surface area contributed by atoms with E-state index < -0.39 is 0 Å². The maximum atomic E-state index is 5.97. The van der Waals surface area contributed by atoms with Gasteiger partial charge in [0, 0.05) is 20.1 Å². The van der Waals surface area contributed by atoms with E-state index >= 15 is 0 Å². The second-order valence-electron chi connectivity index (χ2n) is 4.51. The number of halogens is 2. The summed E-state index contributed by atoms with van der Waals surface area (Å²) < 4.78 is 1.03. The molecule has 0 bridgehead atoms. The van der Waals surface area contributed by atoms with E-state index in [-0.39, 0.29) is 0 Å². The largest absolute Gasteiger partial charge is 0.377 e. The van der Waals surface area contributed by atoms with Crippen LogP contribution in [-0.4, -0.2) is 0 Å². The van der Waals surface area contributed by atoms with E-state index in [1.807, 2.05) is 29.5 Å². The van der Waals surface area contributed by atoms with Crippen molar-refractivity contribution in [3.8, 4) is 0 Å². The maximum Gasteiger partial charge on any atom is 0.0525 e. The molecule has 1 unspecified atom stereocenters. The quantitative estimate of drug-likeness (QED) is 0.743. The molecule has 1 aliphatic rings. The number of rotatable bonds is 2. The summed E-state index contributed by atoms with van der Waals surface area (Å²) in [6, 6.07) is 8.57. The summed E-state index contributed by atoms with van der Waals surface area (Å²) in [5.74, 6) is 0. The first-order valence-corrected chi connectivity index (χ1v) is 8.07. The van der Waals surface area contributed by atoms with Gasteiger partial charge < -0.3 is 5.32 Å². The van der Waals surface area contributed by atoms with E-state index in [0.717, 1.165) is 15.2 Å². The van der Waals surface area contributed by atoms with E-state index in [4.69, 9.17) is 11.6 Å². The third kappa shape index (κ3) is 2.44. The standard InChI is InChI=1S/C14H13BrClNS/c15-11-8-9(16)4-5-13(11)17-12-2-1-3-14-10(12)6-7-18-14/h4-8,12,17H,1-3H2. The number of thiophene rings is 1. The molecule has 1 nitrogen and oxygen atoms in total. The van der Waals surface area contributed by atoms with E-state index in [1.165, 1.54) is 29.7 Å². The van der Waals surface area contributed by atoms with Gasteiger partial charge in [0.15, 0.2) is 0 Å². The molecular formula is C14H13BrClNS. The fourth-order valence-electron chi connectivity index (χ4n) is 2.43. The van der Waals surface area contributed by atoms with Gasteiger partial charge in [0.2, 0.25) is 0 Å². The van der Waals surface area contributed by atoms with Gasteiger partial charge in [0.25, 0.3) is 0 Å². The van der Waals surface area contributed by atoms with Gasteiger partial charge in [-0.15, -0.1) is 11.3 Å². The van der Waals surface area contributed by atoms with Crippen LogP contribution in [0.25, 0.3) is 0 Å². The molecule has 1 aliphatic carbocycles. The zero-order valence-electron chi connectivity index (χ0n) is 9.75. The SMILES string of the molecule is Clc1ccc(NC2CCCc3sccc32)c(Br)c1. The molecule has 1 aromatic carbocycles. The van der Waals surface area contributed by atoms with Crippen LogP contribution in [0.4, 0.5) is 5.69 Å². The first kappa shape index (κ1) is 12.5. The summed E-state index contributed by atoms with van der Waals surface area (Å²) in [6.45, 7) is 0. The molecule has 1 aromatic heterocycles. The van der Waals surface area contributed by atoms with Gasteiger partial charge in [-0.1, -0.05) is 11.6 Å². The zero-order valence-corrected chi connectivity index (χ0v) is 12.9. The Hall–Kier alpha value is -0.510. The number of hydrogen-bond acceptors (Lipinski definition) is 2. The highest BCUT2D eigenvalue weighted by Crippen LogP contribution is 2.37. The third-order valence-electron chi connectivity index (χ3n) is 3.31. The van der Waals surface area contributed by atoms with Crippen molar-refractivity contribution in [3.63, 3.8) is 0 Å². The highest BCUT2D eigenvalue weighted by Gasteiger charge is 2.21. The number of aryl methyl sites for hydroxylation is 1. The fraction of sp³-hybridized carbons (Fsp3) is 0.286. The van der Waals surface area contributed by atoms with Crippen molar-refractivity contribution in [2.45, 2.75) is 25.3 Å². The minimum atomic E-state index is 0.428. The molecule has 0 aliphatic heterocycles. The molecular weight excluding hydrogens is 330 g/mol. The zero-order chi connectivity index (χ0) is 12.5. The lowest BCUT2D eigenvalue weighted by molar-refractivity contribution is 0.608. The summed E-state index contributed by atoms with van der Waals surface area (Å²) in [6.07, 6.45) is 3.68. The molecule has 0 saturated carbocycles. The van der Waals surface area contributed by atoms with Crippen LogP contribution in [-0.2, 0) is 6.42 Å². The Bertz CT molecular complexity index is 567. The summed E-state index contributed by atoms with van der Waals surface area (Å²) >= 11 is 11.4. The van der Waals surface area contributed by atoms with Gasteiger partial charge in [-0.2, -0.15) is 0 Å². The number of benzene rings is 1. The first-order chi connectivity index (χ1) is 8.74. The van der Waals surface area contributed by atoms with Crippen molar-refractivity contribution in [1.29, 1.82) is 0 Å². The van der Waals surface area contributed by atoms with Crippen molar-refractivity contribution in [2.24, 2.45) is 0 Å². The van der Waals surface area contributed by atoms with Crippen LogP contribution in [0.1, 0.15) is 29.3 Å². The Morgan fingerprint density at radius 3 is 3.06 bits per heavy atom. The molecule has 94 valence electrons. The average Bonchev–Trinajstić information content (AvgIpc) is 2.82. The van der Waals surface area contributed by atoms with Crippen molar-refractivity contribution in [3.05, 3.63) is 49.6 Å². The van der Waals surface area contributed by atoms with Crippen molar-refractivity contribution in [2.75, 3.05) is 5.32 Å². The van der Waals surface area contributed by atoms with Gasteiger partial charge in [0.1, 0.15) is 0 Å². The van der Waals surface area contributed by atoms with Gasteiger partial charge in [-0.3, -0.25) is 0 Å². The smallest absolute Gasteiger partial charge is 0.0525 e. The Balaban J connectivity index is 1.86. The molecule has 1 atom stereocenters. The normalized spacial score (nSPS) is 18.4. The number of fused-ring (bicyclic) bond motifs is 1. The molecule has 0 radical (unpaired) electrons. The topological polar surface area (TPSA) is 12.0 Å². The van der Waals surface area contributed by atoms with E-state index in [0.29, 0.717) is 6.04 Å². The van der Waals surface area contributed by atoms with Crippen molar-refractivity contribution in [1.82, 2.24) is 0 Å². The Morgan fingerprint density at radius 2 is 2.22 bits per heavy atom. The van der Waals surface area contributed by atoms with Crippen LogP contribution in [0.3, 0.4) is 0 Å². The Morgan fingerprint density at radius 1 is 1.33 bits per heavy atom. The molecule has 0 fully saturated rings. The van der Waals surface area contributed by atoms with Crippen LogP contribution >= 0.6 is 38.9 Å². The second-order valence-corrected chi connectivity index (χ2v) is 6.80. The summed E-state index contributed by atoms with van der Waals surface area (Å²) in [4.78, 5) is 1.53. The minimum Gasteiger partial charge on any atom is -0.377 e. The van der Waals surface area contributed by atoms with E-state index in [2.05, 4.69) is 32.7 Å². The van der Waals surface area contributed by atoms with Crippen molar-refractivity contribution >= 4 is 44.6 Å². The van der Waals surface area contributed by atoms with E-state index in [9.17, 15) is 0 Å². The third-order valence-corrected chi connectivity index (χ3v) is 5.20. The lowest BCUT2D eigenvalue weighted by Gasteiger charge is -2.25. The fourth-order valence-corrected chi connectivity index (χ4v) is 4.22. The molecule has 0 saturated heterocycles. The monoisotopic (exact) mass is 341 g/mol. The predicted molar refractivity (Wildman–Crippen MR) is 82.8 cm³/mol. The van der Waals surface area contributed by atoms with Gasteiger partial charge >= 0.3 is 0 Å². The predicted octanol–water partition coefficient (Wildman–Crippen LogP) is 5.65. The average molecular weight is 343 g/mol. The lowest BCUT2D eigenvalue weighted by Crippen LogP contribution is -2.15. The van der Waals surface area contributed by atoms with E-state index in [1.54, 1.807) is 0 Å². The Labute approximate surface area is 124 Å². The van der Waals surface area contributed by atoms with Gasteiger partial charge in [-0.05, 0) is 70.4 Å². The second kappa shape index (κ2) is 5.24. The summed E-state index contributed by atoms with van der Waals surface area (Å²) in [7, 11) is 0. The van der Waals surface area contributed by atoms with Crippen LogP contribution in [0, 0.1) is 0 Å². The van der Waals surface area contributed by atoms with Gasteiger partial charge in [0.05, 0.1) is 6.04 Å². The van der Waals surface area contributed by atoms with Crippen LogP contribution in [0.5, 0.6) is 0 Å².